The molecular weight excluding hydrogens is 237 g/mol. The molecule has 2 rings (SSSR count). The van der Waals surface area contributed by atoms with Gasteiger partial charge in [-0.15, -0.1) is 0 Å². The highest BCUT2D eigenvalue weighted by Gasteiger charge is 2.60. The summed E-state index contributed by atoms with van der Waals surface area (Å²) in [5.74, 6) is -0.715. The molecule has 1 aliphatic carbocycles. The number of benzene rings is 1. The zero-order valence-electron chi connectivity index (χ0n) is 10.1. The summed E-state index contributed by atoms with van der Waals surface area (Å²) in [6.07, 6.45) is -0.891. The second kappa shape index (κ2) is 4.57. The molecule has 98 valence electrons. The van der Waals surface area contributed by atoms with Crippen molar-refractivity contribution in [2.45, 2.75) is 31.4 Å². The lowest BCUT2D eigenvalue weighted by molar-refractivity contribution is 0.130. The number of halogens is 1. The molecule has 3 atom stereocenters. The molecule has 0 heterocycles. The SMILES string of the molecule is CCC(O)C1CC1(NC(=O)O)c1ccccc1F. The van der Waals surface area contributed by atoms with E-state index in [1.165, 1.54) is 6.07 Å². The molecule has 1 aromatic rings. The Morgan fingerprint density at radius 1 is 1.61 bits per heavy atom. The molecule has 1 aliphatic rings. The zero-order valence-corrected chi connectivity index (χ0v) is 10.1. The lowest BCUT2D eigenvalue weighted by Crippen LogP contribution is -2.38. The van der Waals surface area contributed by atoms with Gasteiger partial charge in [0.2, 0.25) is 0 Å². The summed E-state index contributed by atoms with van der Waals surface area (Å²) in [6.45, 7) is 1.82. The number of aliphatic hydroxyl groups excluding tert-OH is 1. The quantitative estimate of drug-likeness (QED) is 0.769. The number of nitrogens with one attached hydrogen (secondary N) is 1. The first kappa shape index (κ1) is 12.8. The highest BCUT2D eigenvalue weighted by atomic mass is 19.1. The van der Waals surface area contributed by atoms with E-state index in [0.29, 0.717) is 18.4 Å². The largest absolute Gasteiger partial charge is 0.465 e. The van der Waals surface area contributed by atoms with Crippen molar-refractivity contribution < 1.29 is 19.4 Å². The minimum Gasteiger partial charge on any atom is -0.465 e. The van der Waals surface area contributed by atoms with Gasteiger partial charge in [-0.3, -0.25) is 0 Å². The molecule has 1 aromatic carbocycles. The van der Waals surface area contributed by atoms with E-state index < -0.39 is 23.6 Å². The maximum atomic E-state index is 13.8. The fourth-order valence-corrected chi connectivity index (χ4v) is 2.57. The third-order valence-electron chi connectivity index (χ3n) is 3.58. The topological polar surface area (TPSA) is 69.6 Å². The molecule has 0 spiro atoms. The van der Waals surface area contributed by atoms with Gasteiger partial charge < -0.3 is 15.5 Å². The Bertz CT molecular complexity index is 465. The summed E-state index contributed by atoms with van der Waals surface area (Å²) < 4.78 is 13.8. The Morgan fingerprint density at radius 3 is 2.83 bits per heavy atom. The van der Waals surface area contributed by atoms with Crippen LogP contribution in [0.3, 0.4) is 0 Å². The van der Waals surface area contributed by atoms with Crippen molar-refractivity contribution in [3.05, 3.63) is 35.6 Å². The van der Waals surface area contributed by atoms with Crippen LogP contribution in [0.5, 0.6) is 0 Å². The van der Waals surface area contributed by atoms with E-state index in [9.17, 15) is 14.3 Å². The number of amides is 1. The molecule has 0 bridgehead atoms. The summed E-state index contributed by atoms with van der Waals surface area (Å²) in [4.78, 5) is 10.9. The number of hydrogen-bond donors (Lipinski definition) is 3. The predicted octanol–water partition coefficient (Wildman–Crippen LogP) is 2.08. The van der Waals surface area contributed by atoms with Gasteiger partial charge in [-0.1, -0.05) is 25.1 Å². The average molecular weight is 253 g/mol. The molecular formula is C13H16FNO3. The van der Waals surface area contributed by atoms with Crippen LogP contribution in [-0.2, 0) is 5.54 Å². The molecule has 3 N–H and O–H groups in total. The van der Waals surface area contributed by atoms with E-state index in [1.807, 2.05) is 6.92 Å². The first-order chi connectivity index (χ1) is 8.51. The molecule has 1 saturated carbocycles. The third-order valence-corrected chi connectivity index (χ3v) is 3.58. The molecule has 1 amide bonds. The molecule has 18 heavy (non-hydrogen) atoms. The standard InChI is InChI=1S/C13H16FNO3/c1-2-11(16)9-7-13(9,15-12(17)18)8-5-3-4-6-10(8)14/h3-6,9,11,15-16H,2,7H2,1H3,(H,17,18). The van der Waals surface area contributed by atoms with Crippen LogP contribution in [0, 0.1) is 11.7 Å². The zero-order chi connectivity index (χ0) is 13.3. The molecule has 1 fully saturated rings. The van der Waals surface area contributed by atoms with Crippen molar-refractivity contribution in [3.8, 4) is 0 Å². The van der Waals surface area contributed by atoms with Gasteiger partial charge in [0.25, 0.3) is 0 Å². The fourth-order valence-electron chi connectivity index (χ4n) is 2.57. The molecule has 0 saturated heterocycles. The maximum absolute atomic E-state index is 13.8. The minimum absolute atomic E-state index is 0.268. The van der Waals surface area contributed by atoms with Crippen LogP contribution < -0.4 is 5.32 Å². The average Bonchev–Trinajstić information content (AvgIpc) is 3.03. The van der Waals surface area contributed by atoms with E-state index in [0.717, 1.165) is 0 Å². The Balaban J connectivity index is 2.34. The Morgan fingerprint density at radius 2 is 2.28 bits per heavy atom. The van der Waals surface area contributed by atoms with Gasteiger partial charge in [0.05, 0.1) is 11.6 Å². The first-order valence-corrected chi connectivity index (χ1v) is 5.95. The van der Waals surface area contributed by atoms with Gasteiger partial charge in [-0.2, -0.15) is 0 Å². The number of aliphatic hydroxyl groups is 1. The second-order valence-electron chi connectivity index (χ2n) is 4.67. The number of carbonyl (C=O) groups is 1. The summed E-state index contributed by atoms with van der Waals surface area (Å²) in [7, 11) is 0. The maximum Gasteiger partial charge on any atom is 0.405 e. The first-order valence-electron chi connectivity index (χ1n) is 5.95. The van der Waals surface area contributed by atoms with Crippen LogP contribution in [0.1, 0.15) is 25.3 Å². The minimum atomic E-state index is -1.20. The van der Waals surface area contributed by atoms with Crippen LogP contribution in [-0.4, -0.2) is 22.4 Å². The monoisotopic (exact) mass is 253 g/mol. The van der Waals surface area contributed by atoms with Crippen molar-refractivity contribution in [3.63, 3.8) is 0 Å². The Labute approximate surface area is 104 Å². The van der Waals surface area contributed by atoms with Crippen molar-refractivity contribution in [2.75, 3.05) is 0 Å². The van der Waals surface area contributed by atoms with Gasteiger partial charge in [0.1, 0.15) is 5.82 Å². The summed E-state index contributed by atoms with van der Waals surface area (Å²) >= 11 is 0. The van der Waals surface area contributed by atoms with E-state index in [2.05, 4.69) is 5.32 Å². The summed E-state index contributed by atoms with van der Waals surface area (Å²) in [6, 6.07) is 6.08. The Hall–Kier alpha value is -1.62. The lowest BCUT2D eigenvalue weighted by atomic mass is 9.98. The number of hydrogen-bond acceptors (Lipinski definition) is 2. The van der Waals surface area contributed by atoms with Gasteiger partial charge in [-0.05, 0) is 18.9 Å². The lowest BCUT2D eigenvalue weighted by Gasteiger charge is -2.20. The second-order valence-corrected chi connectivity index (χ2v) is 4.67. The van der Waals surface area contributed by atoms with Crippen LogP contribution in [0.4, 0.5) is 9.18 Å². The molecule has 0 aromatic heterocycles. The smallest absolute Gasteiger partial charge is 0.405 e. The van der Waals surface area contributed by atoms with Gasteiger partial charge >= 0.3 is 6.09 Å². The molecule has 0 aliphatic heterocycles. The van der Waals surface area contributed by atoms with Crippen LogP contribution in [0.25, 0.3) is 0 Å². The van der Waals surface area contributed by atoms with Crippen LogP contribution in [0.15, 0.2) is 24.3 Å². The highest BCUT2D eigenvalue weighted by Crippen LogP contribution is 2.54. The summed E-state index contributed by atoms with van der Waals surface area (Å²) in [5.41, 5.74) is -0.669. The van der Waals surface area contributed by atoms with E-state index >= 15 is 0 Å². The number of rotatable bonds is 4. The van der Waals surface area contributed by atoms with Gasteiger partial charge in [-0.25, -0.2) is 9.18 Å². The number of carboxylic acid groups (broad SMARTS) is 1. The summed E-state index contributed by atoms with van der Waals surface area (Å²) in [5, 5.41) is 21.1. The van der Waals surface area contributed by atoms with Crippen molar-refractivity contribution in [2.24, 2.45) is 5.92 Å². The van der Waals surface area contributed by atoms with Crippen LogP contribution in [0.2, 0.25) is 0 Å². The third kappa shape index (κ3) is 2.06. The molecule has 3 unspecified atom stereocenters. The van der Waals surface area contributed by atoms with E-state index in [1.54, 1.807) is 18.2 Å². The predicted molar refractivity (Wildman–Crippen MR) is 63.6 cm³/mol. The van der Waals surface area contributed by atoms with E-state index in [-0.39, 0.29) is 5.92 Å². The van der Waals surface area contributed by atoms with Crippen molar-refractivity contribution in [1.82, 2.24) is 5.32 Å². The Kier molecular flexibility index (Phi) is 3.26. The van der Waals surface area contributed by atoms with Gasteiger partial charge in [0, 0.05) is 11.5 Å². The van der Waals surface area contributed by atoms with Crippen molar-refractivity contribution in [1.29, 1.82) is 0 Å². The normalized spacial score (nSPS) is 27.6. The van der Waals surface area contributed by atoms with Crippen LogP contribution >= 0.6 is 0 Å². The van der Waals surface area contributed by atoms with Gasteiger partial charge in [0.15, 0.2) is 0 Å². The molecule has 0 radical (unpaired) electrons. The molecule has 4 nitrogen and oxygen atoms in total. The fraction of sp³-hybridized carbons (Fsp3) is 0.462. The van der Waals surface area contributed by atoms with E-state index in [4.69, 9.17) is 5.11 Å². The highest BCUT2D eigenvalue weighted by molar-refractivity contribution is 5.67. The van der Waals surface area contributed by atoms with Crippen molar-refractivity contribution >= 4 is 6.09 Å². The molecule has 5 heteroatoms.